The van der Waals surface area contributed by atoms with Crippen LogP contribution in [0.4, 0.5) is 0 Å². The first-order valence-electron chi connectivity index (χ1n) is 6.03. The lowest BCUT2D eigenvalue weighted by atomic mass is 10.0. The highest BCUT2D eigenvalue weighted by atomic mass is 16.4. The van der Waals surface area contributed by atoms with Crippen LogP contribution >= 0.6 is 0 Å². The number of aromatic amines is 1. The Bertz CT molecular complexity index is 578. The highest BCUT2D eigenvalue weighted by Crippen LogP contribution is 2.29. The molecule has 1 fully saturated rings. The maximum Gasteiger partial charge on any atom is 0.304 e. The van der Waals surface area contributed by atoms with Crippen LogP contribution in [-0.4, -0.2) is 22.1 Å². The molecule has 0 amide bonds. The normalized spacial score (nSPS) is 23.6. The van der Waals surface area contributed by atoms with Gasteiger partial charge in [0.05, 0.1) is 6.42 Å². The monoisotopic (exact) mass is 245 g/mol. The molecule has 0 saturated carbocycles. The summed E-state index contributed by atoms with van der Waals surface area (Å²) in [5.41, 5.74) is 8.51. The van der Waals surface area contributed by atoms with Gasteiger partial charge in [0, 0.05) is 29.2 Å². The minimum atomic E-state index is -0.770. The summed E-state index contributed by atoms with van der Waals surface area (Å²) < 4.78 is 0. The van der Waals surface area contributed by atoms with Crippen molar-refractivity contribution in [1.82, 2.24) is 15.8 Å². The van der Waals surface area contributed by atoms with Crippen molar-refractivity contribution >= 4 is 16.9 Å². The Kier molecular flexibility index (Phi) is 2.77. The highest BCUT2D eigenvalue weighted by molar-refractivity contribution is 5.83. The summed E-state index contributed by atoms with van der Waals surface area (Å²) in [4.78, 5) is 13.9. The molecule has 2 heterocycles. The number of para-hydroxylation sites is 1. The summed E-state index contributed by atoms with van der Waals surface area (Å²) in [6.07, 6.45) is 2.92. The quantitative estimate of drug-likeness (QED) is 0.661. The molecule has 3 rings (SSSR count). The van der Waals surface area contributed by atoms with E-state index >= 15 is 0 Å². The lowest BCUT2D eigenvalue weighted by Crippen LogP contribution is -2.32. The fourth-order valence-electron chi connectivity index (χ4n) is 2.55. The number of benzene rings is 1. The van der Waals surface area contributed by atoms with Gasteiger partial charge in [-0.3, -0.25) is 10.2 Å². The molecule has 2 aromatic rings. The van der Waals surface area contributed by atoms with Crippen LogP contribution < -0.4 is 10.9 Å². The molecule has 18 heavy (non-hydrogen) atoms. The van der Waals surface area contributed by atoms with Gasteiger partial charge in [0.15, 0.2) is 0 Å². The van der Waals surface area contributed by atoms with Crippen molar-refractivity contribution in [2.75, 3.05) is 0 Å². The lowest BCUT2D eigenvalue weighted by Gasteiger charge is -2.07. The van der Waals surface area contributed by atoms with Gasteiger partial charge in [0.25, 0.3) is 0 Å². The Hall–Kier alpha value is -1.85. The van der Waals surface area contributed by atoms with E-state index in [9.17, 15) is 4.79 Å². The number of fused-ring (bicyclic) bond motifs is 1. The molecule has 0 radical (unpaired) electrons. The third-order valence-corrected chi connectivity index (χ3v) is 3.40. The number of hydrogen-bond donors (Lipinski definition) is 4. The molecule has 1 saturated heterocycles. The fourth-order valence-corrected chi connectivity index (χ4v) is 2.55. The first-order chi connectivity index (χ1) is 8.74. The number of carboxylic acids is 1. The number of carbonyl (C=O) groups is 1. The lowest BCUT2D eigenvalue weighted by molar-refractivity contribution is -0.137. The standard InChI is InChI=1S/C13H15N3O2/c17-13(18)6-8-5-12(16-15-8)10-7-14-11-4-2-1-3-9(10)11/h1-4,7-8,12,14-16H,5-6H2,(H,17,18). The van der Waals surface area contributed by atoms with Crippen molar-refractivity contribution in [2.45, 2.75) is 24.9 Å². The second-order valence-electron chi connectivity index (χ2n) is 4.66. The molecule has 5 nitrogen and oxygen atoms in total. The number of hydrogen-bond acceptors (Lipinski definition) is 3. The maximum atomic E-state index is 10.7. The Labute approximate surface area is 104 Å². The molecular formula is C13H15N3O2. The molecule has 94 valence electrons. The van der Waals surface area contributed by atoms with Crippen LogP contribution in [0, 0.1) is 0 Å². The zero-order valence-corrected chi connectivity index (χ0v) is 9.81. The summed E-state index contributed by atoms with van der Waals surface area (Å²) in [6.45, 7) is 0. The van der Waals surface area contributed by atoms with Crippen LogP contribution in [-0.2, 0) is 4.79 Å². The molecular weight excluding hydrogens is 230 g/mol. The zero-order valence-electron chi connectivity index (χ0n) is 9.81. The van der Waals surface area contributed by atoms with Crippen LogP contribution in [0.5, 0.6) is 0 Å². The summed E-state index contributed by atoms with van der Waals surface area (Å²) in [5.74, 6) is -0.770. The smallest absolute Gasteiger partial charge is 0.304 e. The third kappa shape index (κ3) is 1.98. The van der Waals surface area contributed by atoms with E-state index in [-0.39, 0.29) is 18.5 Å². The summed E-state index contributed by atoms with van der Waals surface area (Å²) >= 11 is 0. The zero-order chi connectivity index (χ0) is 12.5. The van der Waals surface area contributed by atoms with Crippen molar-refractivity contribution in [3.63, 3.8) is 0 Å². The van der Waals surface area contributed by atoms with E-state index in [0.29, 0.717) is 0 Å². The topological polar surface area (TPSA) is 77.1 Å². The van der Waals surface area contributed by atoms with Crippen molar-refractivity contribution in [3.05, 3.63) is 36.0 Å². The molecule has 2 atom stereocenters. The predicted octanol–water partition coefficient (Wildman–Crippen LogP) is 1.55. The molecule has 4 N–H and O–H groups in total. The number of carboxylic acid groups (broad SMARTS) is 1. The van der Waals surface area contributed by atoms with Crippen molar-refractivity contribution in [1.29, 1.82) is 0 Å². The number of rotatable bonds is 3. The van der Waals surface area contributed by atoms with Crippen LogP contribution in [0.15, 0.2) is 30.5 Å². The molecule has 0 aliphatic carbocycles. The largest absolute Gasteiger partial charge is 0.481 e. The highest BCUT2D eigenvalue weighted by Gasteiger charge is 2.27. The number of aromatic nitrogens is 1. The maximum absolute atomic E-state index is 10.7. The van der Waals surface area contributed by atoms with Crippen LogP contribution in [0.1, 0.15) is 24.4 Å². The van der Waals surface area contributed by atoms with E-state index in [1.165, 1.54) is 10.9 Å². The predicted molar refractivity (Wildman–Crippen MR) is 68.0 cm³/mol. The van der Waals surface area contributed by atoms with Crippen molar-refractivity contribution in [2.24, 2.45) is 0 Å². The van der Waals surface area contributed by atoms with Gasteiger partial charge in [0.2, 0.25) is 0 Å². The minimum Gasteiger partial charge on any atom is -0.481 e. The van der Waals surface area contributed by atoms with E-state index in [4.69, 9.17) is 5.11 Å². The number of nitrogens with one attached hydrogen (secondary N) is 3. The van der Waals surface area contributed by atoms with E-state index in [1.807, 2.05) is 24.4 Å². The summed E-state index contributed by atoms with van der Waals surface area (Å²) in [6, 6.07) is 8.27. The Balaban J connectivity index is 1.82. The minimum absolute atomic E-state index is 0.0128. The van der Waals surface area contributed by atoms with Gasteiger partial charge in [-0.1, -0.05) is 18.2 Å². The first kappa shape index (κ1) is 11.3. The first-order valence-corrected chi connectivity index (χ1v) is 6.03. The Morgan fingerprint density at radius 3 is 3.00 bits per heavy atom. The van der Waals surface area contributed by atoms with Crippen LogP contribution in [0.25, 0.3) is 10.9 Å². The van der Waals surface area contributed by atoms with E-state index < -0.39 is 5.97 Å². The SMILES string of the molecule is O=C(O)CC1CC(c2c[nH]c3ccccc23)NN1. The Morgan fingerprint density at radius 1 is 1.33 bits per heavy atom. The van der Waals surface area contributed by atoms with Gasteiger partial charge in [-0.15, -0.1) is 0 Å². The fraction of sp³-hybridized carbons (Fsp3) is 0.308. The van der Waals surface area contributed by atoms with Gasteiger partial charge < -0.3 is 10.1 Å². The van der Waals surface area contributed by atoms with E-state index in [1.54, 1.807) is 0 Å². The molecule has 2 unspecified atom stereocenters. The van der Waals surface area contributed by atoms with Crippen LogP contribution in [0.2, 0.25) is 0 Å². The average molecular weight is 245 g/mol. The molecule has 1 aromatic carbocycles. The molecule has 1 aliphatic heterocycles. The Morgan fingerprint density at radius 2 is 2.17 bits per heavy atom. The average Bonchev–Trinajstić information content (AvgIpc) is 2.94. The summed E-state index contributed by atoms with van der Waals surface area (Å²) in [7, 11) is 0. The number of hydrazine groups is 1. The molecule has 1 aromatic heterocycles. The third-order valence-electron chi connectivity index (χ3n) is 3.40. The van der Waals surface area contributed by atoms with Gasteiger partial charge >= 0.3 is 5.97 Å². The van der Waals surface area contributed by atoms with Gasteiger partial charge in [0.1, 0.15) is 0 Å². The molecule has 5 heteroatoms. The summed E-state index contributed by atoms with van der Waals surface area (Å²) in [5, 5.41) is 9.98. The van der Waals surface area contributed by atoms with Gasteiger partial charge in [-0.05, 0) is 18.1 Å². The van der Waals surface area contributed by atoms with E-state index in [2.05, 4.69) is 21.9 Å². The number of H-pyrrole nitrogens is 1. The van der Waals surface area contributed by atoms with E-state index in [0.717, 1.165) is 11.9 Å². The number of aliphatic carboxylic acids is 1. The van der Waals surface area contributed by atoms with Crippen molar-refractivity contribution in [3.8, 4) is 0 Å². The van der Waals surface area contributed by atoms with Crippen molar-refractivity contribution < 1.29 is 9.90 Å². The molecule has 0 spiro atoms. The van der Waals surface area contributed by atoms with Gasteiger partial charge in [-0.25, -0.2) is 5.43 Å². The van der Waals surface area contributed by atoms with Gasteiger partial charge in [-0.2, -0.15) is 0 Å². The second-order valence-corrected chi connectivity index (χ2v) is 4.66. The second kappa shape index (κ2) is 4.44. The van der Waals surface area contributed by atoms with Crippen LogP contribution in [0.3, 0.4) is 0 Å². The molecule has 0 bridgehead atoms. The molecule has 1 aliphatic rings.